The van der Waals surface area contributed by atoms with Gasteiger partial charge in [-0.15, -0.1) is 0 Å². The Bertz CT molecular complexity index is 567. The van der Waals surface area contributed by atoms with Gasteiger partial charge in [0, 0.05) is 30.8 Å². The highest BCUT2D eigenvalue weighted by atomic mass is 16.5. The van der Waals surface area contributed by atoms with Gasteiger partial charge in [-0.3, -0.25) is 9.59 Å². The molecule has 2 amide bonds. The number of hydrogen-bond acceptors (Lipinski definition) is 7. The number of amides is 2. The monoisotopic (exact) mass is 490 g/mol. The first-order valence-corrected chi connectivity index (χ1v) is 12.1. The van der Waals surface area contributed by atoms with Crippen molar-refractivity contribution in [3.63, 3.8) is 0 Å². The van der Waals surface area contributed by atoms with Crippen LogP contribution in [0.4, 0.5) is 0 Å². The van der Waals surface area contributed by atoms with E-state index in [-0.39, 0.29) is 47.3 Å². The van der Waals surface area contributed by atoms with Crippen LogP contribution in [-0.2, 0) is 23.8 Å². The zero-order valence-electron chi connectivity index (χ0n) is 24.0. The smallest absolute Gasteiger partial charge is 0.246 e. The van der Waals surface area contributed by atoms with Crippen LogP contribution in [0.25, 0.3) is 0 Å². The van der Waals surface area contributed by atoms with E-state index in [4.69, 9.17) is 14.2 Å². The van der Waals surface area contributed by atoms with Crippen molar-refractivity contribution in [1.29, 1.82) is 0 Å². The van der Waals surface area contributed by atoms with Gasteiger partial charge in [-0.05, 0) is 89.8 Å². The predicted molar refractivity (Wildman–Crippen MR) is 139 cm³/mol. The van der Waals surface area contributed by atoms with Crippen molar-refractivity contribution in [2.45, 2.75) is 97.9 Å². The molecular formula is C25H54N4O5. The summed E-state index contributed by atoms with van der Waals surface area (Å²) in [5.74, 6) is -0.178. The van der Waals surface area contributed by atoms with Gasteiger partial charge in [0.2, 0.25) is 11.8 Å². The summed E-state index contributed by atoms with van der Waals surface area (Å²) < 4.78 is 16.2. The van der Waals surface area contributed by atoms with E-state index in [9.17, 15) is 9.59 Å². The van der Waals surface area contributed by atoms with Gasteiger partial charge < -0.3 is 35.5 Å². The van der Waals surface area contributed by atoms with E-state index in [0.717, 1.165) is 6.42 Å². The first-order valence-electron chi connectivity index (χ1n) is 12.1. The number of ether oxygens (including phenoxy) is 3. The average Bonchev–Trinajstić information content (AvgIpc) is 2.71. The van der Waals surface area contributed by atoms with Gasteiger partial charge in [0.25, 0.3) is 0 Å². The Hall–Kier alpha value is -1.26. The topological polar surface area (TPSA) is 110 Å². The SMILES string of the molecule is CNC(C)(C)CCOCCNC(=O)COC(C)(C)C.CNC(C)(C)CNC(=O)COC(C)(C)C. The molecule has 0 bridgehead atoms. The van der Waals surface area contributed by atoms with Crippen molar-refractivity contribution in [3.8, 4) is 0 Å². The Morgan fingerprint density at radius 3 is 1.50 bits per heavy atom. The van der Waals surface area contributed by atoms with Gasteiger partial charge in [-0.2, -0.15) is 0 Å². The summed E-state index contributed by atoms with van der Waals surface area (Å²) in [5.41, 5.74) is -0.552. The van der Waals surface area contributed by atoms with Crippen LogP contribution in [0, 0.1) is 0 Å². The molecule has 0 spiro atoms. The molecule has 0 aromatic heterocycles. The number of rotatable bonds is 14. The molecule has 0 saturated heterocycles. The van der Waals surface area contributed by atoms with Crippen LogP contribution < -0.4 is 21.3 Å². The molecule has 0 rings (SSSR count). The molecule has 0 aliphatic heterocycles. The number of carbonyl (C=O) groups is 2. The van der Waals surface area contributed by atoms with E-state index in [1.54, 1.807) is 0 Å². The zero-order chi connectivity index (χ0) is 27.1. The minimum absolute atomic E-state index is 0.0757. The van der Waals surface area contributed by atoms with E-state index < -0.39 is 0 Å². The minimum atomic E-state index is -0.285. The van der Waals surface area contributed by atoms with Gasteiger partial charge in [0.15, 0.2) is 0 Å². The van der Waals surface area contributed by atoms with Crippen molar-refractivity contribution in [1.82, 2.24) is 21.3 Å². The maximum absolute atomic E-state index is 11.4. The summed E-state index contributed by atoms with van der Waals surface area (Å²) in [7, 11) is 3.81. The Morgan fingerprint density at radius 1 is 0.647 bits per heavy atom. The molecule has 0 saturated carbocycles. The molecule has 4 N–H and O–H groups in total. The minimum Gasteiger partial charge on any atom is -0.380 e. The maximum Gasteiger partial charge on any atom is 0.246 e. The summed E-state index contributed by atoms with van der Waals surface area (Å²) in [4.78, 5) is 22.8. The second-order valence-corrected chi connectivity index (χ2v) is 11.6. The summed E-state index contributed by atoms with van der Waals surface area (Å²) in [6.45, 7) is 22.4. The van der Waals surface area contributed by atoms with Crippen LogP contribution in [-0.4, -0.2) is 87.7 Å². The van der Waals surface area contributed by atoms with E-state index in [2.05, 4.69) is 35.1 Å². The van der Waals surface area contributed by atoms with E-state index in [0.29, 0.717) is 26.3 Å². The lowest BCUT2D eigenvalue weighted by Gasteiger charge is -2.25. The Labute approximate surface area is 208 Å². The third kappa shape index (κ3) is 25.4. The van der Waals surface area contributed by atoms with Crippen molar-refractivity contribution < 1.29 is 23.8 Å². The Morgan fingerprint density at radius 2 is 1.09 bits per heavy atom. The zero-order valence-corrected chi connectivity index (χ0v) is 24.0. The number of hydrogen-bond donors (Lipinski definition) is 4. The second-order valence-electron chi connectivity index (χ2n) is 11.6. The highest BCUT2D eigenvalue weighted by Crippen LogP contribution is 2.07. The average molecular weight is 491 g/mol. The van der Waals surface area contributed by atoms with Gasteiger partial charge in [0.1, 0.15) is 13.2 Å². The normalized spacial score (nSPS) is 12.6. The molecule has 0 heterocycles. The van der Waals surface area contributed by atoms with Crippen LogP contribution in [0.15, 0.2) is 0 Å². The van der Waals surface area contributed by atoms with E-state index >= 15 is 0 Å². The summed E-state index contributed by atoms with van der Waals surface area (Å²) in [5, 5.41) is 11.9. The fourth-order valence-electron chi connectivity index (χ4n) is 1.89. The molecule has 0 radical (unpaired) electrons. The molecule has 0 atom stereocenters. The molecule has 204 valence electrons. The number of carbonyl (C=O) groups excluding carboxylic acids is 2. The molecule has 34 heavy (non-hydrogen) atoms. The van der Waals surface area contributed by atoms with Gasteiger partial charge in [-0.1, -0.05) is 0 Å². The number of nitrogens with one attached hydrogen (secondary N) is 4. The number of likely N-dealkylation sites (N-methyl/N-ethyl adjacent to an activating group) is 1. The summed E-state index contributed by atoms with van der Waals surface area (Å²) in [6, 6.07) is 0. The Kier molecular flexibility index (Phi) is 16.9. The Balaban J connectivity index is 0. The molecule has 9 nitrogen and oxygen atoms in total. The molecule has 9 heteroatoms. The van der Waals surface area contributed by atoms with E-state index in [1.165, 1.54) is 0 Å². The van der Waals surface area contributed by atoms with Crippen molar-refractivity contribution in [2.75, 3.05) is 53.6 Å². The van der Waals surface area contributed by atoms with Crippen LogP contribution in [0.2, 0.25) is 0 Å². The largest absolute Gasteiger partial charge is 0.380 e. The lowest BCUT2D eigenvalue weighted by molar-refractivity contribution is -0.131. The molecule has 0 aromatic rings. The third-order valence-corrected chi connectivity index (χ3v) is 4.79. The highest BCUT2D eigenvalue weighted by molar-refractivity contribution is 5.77. The second kappa shape index (κ2) is 16.4. The fourth-order valence-corrected chi connectivity index (χ4v) is 1.89. The van der Waals surface area contributed by atoms with Crippen molar-refractivity contribution in [2.24, 2.45) is 0 Å². The first-order chi connectivity index (χ1) is 15.3. The lowest BCUT2D eigenvalue weighted by Crippen LogP contribution is -2.48. The van der Waals surface area contributed by atoms with Crippen LogP contribution in [0.3, 0.4) is 0 Å². The lowest BCUT2D eigenvalue weighted by atomic mass is 10.0. The van der Waals surface area contributed by atoms with Crippen LogP contribution in [0.1, 0.15) is 75.7 Å². The third-order valence-electron chi connectivity index (χ3n) is 4.79. The fraction of sp³-hybridized carbons (Fsp3) is 0.920. The van der Waals surface area contributed by atoms with Crippen LogP contribution >= 0.6 is 0 Å². The highest BCUT2D eigenvalue weighted by Gasteiger charge is 2.17. The molecule has 0 fully saturated rings. The quantitative estimate of drug-likeness (QED) is 0.276. The molecule has 0 aromatic carbocycles. The van der Waals surface area contributed by atoms with Gasteiger partial charge in [0.05, 0.1) is 17.8 Å². The standard InChI is InChI=1S/C14H30N2O3.C11H24N2O2/c1-13(2,3)19-11-12(17)16-8-10-18-9-7-14(4,5)15-6;1-10(2,3)15-7-9(14)13-8-11(4,5)12-6/h15H,7-11H2,1-6H3,(H,16,17);12H,7-8H2,1-6H3,(H,13,14). The molecule has 0 aliphatic carbocycles. The van der Waals surface area contributed by atoms with Gasteiger partial charge >= 0.3 is 0 Å². The summed E-state index contributed by atoms with van der Waals surface area (Å²) in [6.07, 6.45) is 0.935. The predicted octanol–water partition coefficient (Wildman–Crippen LogP) is 2.24. The molecule has 0 unspecified atom stereocenters. The summed E-state index contributed by atoms with van der Waals surface area (Å²) >= 11 is 0. The maximum atomic E-state index is 11.4. The first kappa shape index (κ1) is 34.9. The van der Waals surface area contributed by atoms with Crippen molar-refractivity contribution >= 4 is 11.8 Å². The van der Waals surface area contributed by atoms with E-state index in [1.807, 2.05) is 69.5 Å². The van der Waals surface area contributed by atoms with Crippen molar-refractivity contribution in [3.05, 3.63) is 0 Å². The van der Waals surface area contributed by atoms with Gasteiger partial charge in [-0.25, -0.2) is 0 Å². The molecule has 0 aliphatic rings. The molecular weight excluding hydrogens is 436 g/mol. The van der Waals surface area contributed by atoms with Crippen LogP contribution in [0.5, 0.6) is 0 Å².